The lowest BCUT2D eigenvalue weighted by Crippen LogP contribution is -1.97. The minimum atomic E-state index is 0.530. The summed E-state index contributed by atoms with van der Waals surface area (Å²) in [5.41, 5.74) is 7.61. The molecule has 0 N–H and O–H groups in total. The van der Waals surface area contributed by atoms with E-state index in [1.807, 2.05) is 24.3 Å². The monoisotopic (exact) mass is 398 g/mol. The van der Waals surface area contributed by atoms with Gasteiger partial charge in [0.1, 0.15) is 12.1 Å². The van der Waals surface area contributed by atoms with Crippen molar-refractivity contribution in [3.63, 3.8) is 0 Å². The van der Waals surface area contributed by atoms with Crippen molar-refractivity contribution in [3.8, 4) is 22.5 Å². The topological polar surface area (TPSA) is 34.9 Å². The molecular weight excluding hydrogens is 376 g/mol. The number of aryl methyl sites for hydroxylation is 1. The fourth-order valence-electron chi connectivity index (χ4n) is 3.93. The zero-order chi connectivity index (χ0) is 20.0. The minimum Gasteiger partial charge on any atom is -0.321 e. The average molecular weight is 399 g/mol. The zero-order valence-corrected chi connectivity index (χ0v) is 17.4. The number of hydrogen-bond acceptors (Lipinski definition) is 3. The molecule has 1 heterocycles. The number of nitrogens with zero attached hydrogens (tertiary/aromatic N) is 2. The summed E-state index contributed by atoms with van der Waals surface area (Å²) in [5.74, 6) is 1.06. The van der Waals surface area contributed by atoms with Crippen molar-refractivity contribution in [2.75, 3.05) is 6.26 Å². The summed E-state index contributed by atoms with van der Waals surface area (Å²) in [5, 5.41) is 0. The van der Waals surface area contributed by atoms with Gasteiger partial charge in [-0.25, -0.2) is 4.98 Å². The number of aromatic nitrogens is 2. The number of hydrogen-bond donors (Lipinski definition) is 0. The summed E-state index contributed by atoms with van der Waals surface area (Å²) >= 11 is 1.76. The summed E-state index contributed by atoms with van der Waals surface area (Å²) in [6.45, 7) is 2.14. The molecule has 3 aromatic carbocycles. The third-order valence-corrected chi connectivity index (χ3v) is 6.37. The van der Waals surface area contributed by atoms with Crippen LogP contribution in [0.25, 0.3) is 33.5 Å². The van der Waals surface area contributed by atoms with Gasteiger partial charge in [0.15, 0.2) is 0 Å². The molecule has 0 amide bonds. The summed E-state index contributed by atoms with van der Waals surface area (Å²) in [4.78, 5) is 17.3. The van der Waals surface area contributed by atoms with Crippen LogP contribution in [0, 0.1) is 6.92 Å². The number of fused-ring (bicyclic) bond motifs is 1. The SMILES string of the molecule is CSc1ccc(-c2nc3c(C)cc(-c4ccc(C=O)cc4)cc3n2C2CC2)cc1. The van der Waals surface area contributed by atoms with Gasteiger partial charge in [0.05, 0.1) is 11.0 Å². The fourth-order valence-corrected chi connectivity index (χ4v) is 4.34. The second kappa shape index (κ2) is 7.20. The number of carbonyl (C=O) groups excluding carboxylic acids is 1. The summed E-state index contributed by atoms with van der Waals surface area (Å²) in [6, 6.07) is 21.5. The lowest BCUT2D eigenvalue weighted by Gasteiger charge is -2.10. The molecular formula is C25H22N2OS. The van der Waals surface area contributed by atoms with Crippen LogP contribution in [0.5, 0.6) is 0 Å². The number of carbonyl (C=O) groups is 1. The largest absolute Gasteiger partial charge is 0.321 e. The van der Waals surface area contributed by atoms with E-state index in [1.54, 1.807) is 11.8 Å². The molecule has 1 aromatic heterocycles. The Kier molecular flexibility index (Phi) is 4.51. The van der Waals surface area contributed by atoms with Crippen molar-refractivity contribution in [1.29, 1.82) is 0 Å². The van der Waals surface area contributed by atoms with Crippen LogP contribution in [-0.2, 0) is 0 Å². The van der Waals surface area contributed by atoms with Gasteiger partial charge in [-0.3, -0.25) is 4.79 Å². The van der Waals surface area contributed by atoms with Crippen LogP contribution in [0.4, 0.5) is 0 Å². The Bertz CT molecular complexity index is 1200. The first-order valence-electron chi connectivity index (χ1n) is 9.90. The van der Waals surface area contributed by atoms with Gasteiger partial charge in [0.25, 0.3) is 0 Å². The molecule has 0 unspecified atom stereocenters. The molecule has 1 aliphatic carbocycles. The van der Waals surface area contributed by atoms with Crippen LogP contribution in [0.1, 0.15) is 34.8 Å². The first-order chi connectivity index (χ1) is 14.2. The Morgan fingerprint density at radius 1 is 0.966 bits per heavy atom. The lowest BCUT2D eigenvalue weighted by molar-refractivity contribution is 0.112. The maximum absolute atomic E-state index is 11.0. The van der Waals surface area contributed by atoms with E-state index in [4.69, 9.17) is 4.98 Å². The Labute approximate surface area is 174 Å². The molecule has 0 atom stereocenters. The van der Waals surface area contributed by atoms with Gasteiger partial charge in [0.2, 0.25) is 0 Å². The molecule has 5 rings (SSSR count). The Morgan fingerprint density at radius 3 is 2.28 bits per heavy atom. The Balaban J connectivity index is 1.68. The van der Waals surface area contributed by atoms with E-state index in [0.717, 1.165) is 23.2 Å². The smallest absolute Gasteiger partial charge is 0.150 e. The first-order valence-corrected chi connectivity index (χ1v) is 11.1. The van der Waals surface area contributed by atoms with E-state index in [1.165, 1.54) is 39.9 Å². The molecule has 1 aliphatic rings. The van der Waals surface area contributed by atoms with Crippen LogP contribution < -0.4 is 0 Å². The summed E-state index contributed by atoms with van der Waals surface area (Å²) < 4.78 is 2.43. The average Bonchev–Trinajstić information content (AvgIpc) is 3.53. The second-order valence-corrected chi connectivity index (χ2v) is 8.55. The van der Waals surface area contributed by atoms with Gasteiger partial charge >= 0.3 is 0 Å². The van der Waals surface area contributed by atoms with Gasteiger partial charge in [-0.15, -0.1) is 11.8 Å². The van der Waals surface area contributed by atoms with Gasteiger partial charge in [-0.05, 0) is 67.0 Å². The van der Waals surface area contributed by atoms with Crippen molar-refractivity contribution >= 4 is 29.1 Å². The molecule has 29 heavy (non-hydrogen) atoms. The second-order valence-electron chi connectivity index (χ2n) is 7.67. The predicted molar refractivity (Wildman–Crippen MR) is 121 cm³/mol. The Morgan fingerprint density at radius 2 is 1.66 bits per heavy atom. The van der Waals surface area contributed by atoms with Crippen LogP contribution in [0.2, 0.25) is 0 Å². The lowest BCUT2D eigenvalue weighted by atomic mass is 10.0. The standard InChI is InChI=1S/C25H22N2OS/c1-16-13-20(18-5-3-17(15-28)4-6-18)14-23-24(16)26-25(27(23)21-9-10-21)19-7-11-22(29-2)12-8-19/h3-8,11-15,21H,9-10H2,1-2H3. The molecule has 4 aromatic rings. The van der Waals surface area contributed by atoms with Crippen molar-refractivity contribution in [1.82, 2.24) is 9.55 Å². The highest BCUT2D eigenvalue weighted by atomic mass is 32.2. The minimum absolute atomic E-state index is 0.530. The molecule has 4 heteroatoms. The number of rotatable bonds is 5. The van der Waals surface area contributed by atoms with Gasteiger partial charge < -0.3 is 4.57 Å². The van der Waals surface area contributed by atoms with Gasteiger partial charge in [-0.2, -0.15) is 0 Å². The van der Waals surface area contributed by atoms with E-state index >= 15 is 0 Å². The number of imidazole rings is 1. The maximum Gasteiger partial charge on any atom is 0.150 e. The maximum atomic E-state index is 11.0. The van der Waals surface area contributed by atoms with E-state index in [-0.39, 0.29) is 0 Å². The van der Waals surface area contributed by atoms with Crippen LogP contribution in [-0.4, -0.2) is 22.1 Å². The van der Waals surface area contributed by atoms with E-state index < -0.39 is 0 Å². The molecule has 0 spiro atoms. The molecule has 0 saturated heterocycles. The van der Waals surface area contributed by atoms with E-state index in [9.17, 15) is 4.79 Å². The highest BCUT2D eigenvalue weighted by Crippen LogP contribution is 2.42. The normalized spacial score (nSPS) is 13.7. The molecule has 0 aliphatic heterocycles. The van der Waals surface area contributed by atoms with E-state index in [0.29, 0.717) is 11.6 Å². The summed E-state index contributed by atoms with van der Waals surface area (Å²) in [6.07, 6.45) is 5.40. The molecule has 1 saturated carbocycles. The summed E-state index contributed by atoms with van der Waals surface area (Å²) in [7, 11) is 0. The van der Waals surface area contributed by atoms with Crippen LogP contribution in [0.3, 0.4) is 0 Å². The fraction of sp³-hybridized carbons (Fsp3) is 0.200. The molecule has 0 bridgehead atoms. The third kappa shape index (κ3) is 3.28. The molecule has 3 nitrogen and oxygen atoms in total. The number of thioether (sulfide) groups is 1. The molecule has 1 fully saturated rings. The first kappa shape index (κ1) is 18.2. The quantitative estimate of drug-likeness (QED) is 0.282. The van der Waals surface area contributed by atoms with Gasteiger partial charge in [0, 0.05) is 22.1 Å². The molecule has 144 valence electrons. The highest BCUT2D eigenvalue weighted by Gasteiger charge is 2.29. The Hall–Kier alpha value is -2.85. The highest BCUT2D eigenvalue weighted by molar-refractivity contribution is 7.98. The predicted octanol–water partition coefficient (Wildman–Crippen LogP) is 6.55. The van der Waals surface area contributed by atoms with Gasteiger partial charge in [-0.1, -0.05) is 36.4 Å². The van der Waals surface area contributed by atoms with Crippen LogP contribution >= 0.6 is 11.8 Å². The van der Waals surface area contributed by atoms with Crippen LogP contribution in [0.15, 0.2) is 65.6 Å². The van der Waals surface area contributed by atoms with Crippen molar-refractivity contribution in [3.05, 3.63) is 71.8 Å². The zero-order valence-electron chi connectivity index (χ0n) is 16.6. The van der Waals surface area contributed by atoms with Crippen molar-refractivity contribution in [2.24, 2.45) is 0 Å². The van der Waals surface area contributed by atoms with Crippen molar-refractivity contribution in [2.45, 2.75) is 30.7 Å². The van der Waals surface area contributed by atoms with Crippen molar-refractivity contribution < 1.29 is 4.79 Å². The van der Waals surface area contributed by atoms with E-state index in [2.05, 4.69) is 54.1 Å². The molecule has 0 radical (unpaired) electrons. The third-order valence-electron chi connectivity index (χ3n) is 5.63. The number of benzene rings is 3. The number of aldehydes is 1.